The Bertz CT molecular complexity index is 1240. The maximum Gasteiger partial charge on any atom is 0.265 e. The van der Waals surface area contributed by atoms with Crippen LogP contribution >= 0.6 is 11.6 Å². The Labute approximate surface area is 184 Å². The molecule has 31 heavy (non-hydrogen) atoms. The summed E-state index contributed by atoms with van der Waals surface area (Å²) in [7, 11) is -2.44. The molecule has 0 bridgehead atoms. The van der Waals surface area contributed by atoms with Gasteiger partial charge in [0.1, 0.15) is 28.6 Å². The Kier molecular flexibility index (Phi) is 5.79. The summed E-state index contributed by atoms with van der Waals surface area (Å²) in [4.78, 5) is 23.0. The van der Waals surface area contributed by atoms with Gasteiger partial charge in [0.05, 0.1) is 19.4 Å². The van der Waals surface area contributed by atoms with E-state index in [-0.39, 0.29) is 45.4 Å². The van der Waals surface area contributed by atoms with E-state index in [1.54, 1.807) is 30.5 Å². The van der Waals surface area contributed by atoms with E-state index in [0.717, 1.165) is 0 Å². The lowest BCUT2D eigenvalue weighted by Crippen LogP contribution is -2.33. The molecule has 1 aliphatic rings. The van der Waals surface area contributed by atoms with E-state index in [2.05, 4.69) is 9.97 Å². The molecule has 0 fully saturated rings. The van der Waals surface area contributed by atoms with Crippen LogP contribution < -0.4 is 14.4 Å². The highest BCUT2D eigenvalue weighted by molar-refractivity contribution is 7.90. The molecule has 10 heteroatoms. The third kappa shape index (κ3) is 4.33. The van der Waals surface area contributed by atoms with Gasteiger partial charge in [-0.15, -0.1) is 0 Å². The van der Waals surface area contributed by atoms with Gasteiger partial charge in [0, 0.05) is 17.4 Å². The fraction of sp³-hybridized carbons (Fsp3) is 0.190. The molecule has 0 saturated carbocycles. The molecule has 0 radical (unpaired) electrons. The van der Waals surface area contributed by atoms with E-state index in [0.29, 0.717) is 17.9 Å². The zero-order valence-corrected chi connectivity index (χ0v) is 18.1. The fourth-order valence-electron chi connectivity index (χ4n) is 3.25. The van der Waals surface area contributed by atoms with Crippen LogP contribution in [-0.4, -0.2) is 44.6 Å². The minimum absolute atomic E-state index is 0.0323. The van der Waals surface area contributed by atoms with Gasteiger partial charge in [-0.05, 0) is 42.0 Å². The SMILES string of the molecule is COc1ccc(Cl)cc1S(=O)(=O)Cc1cnc2c(c1)C(=O)N(c1ccccn1)CCO2. The molecular formula is C21H18ClN3O5S. The summed E-state index contributed by atoms with van der Waals surface area (Å²) in [5.74, 6) is 0.0719. The molecule has 0 unspecified atom stereocenters. The van der Waals surface area contributed by atoms with Crippen molar-refractivity contribution >= 4 is 33.2 Å². The monoisotopic (exact) mass is 459 g/mol. The Morgan fingerprint density at radius 2 is 2.03 bits per heavy atom. The number of hydrogen-bond donors (Lipinski definition) is 0. The molecule has 0 spiro atoms. The van der Waals surface area contributed by atoms with E-state index < -0.39 is 9.84 Å². The zero-order chi connectivity index (χ0) is 22.0. The van der Waals surface area contributed by atoms with E-state index >= 15 is 0 Å². The number of hydrogen-bond acceptors (Lipinski definition) is 7. The summed E-state index contributed by atoms with van der Waals surface area (Å²) in [6.07, 6.45) is 2.98. The summed E-state index contributed by atoms with van der Waals surface area (Å²) < 4.78 is 36.8. The average Bonchev–Trinajstić information content (AvgIpc) is 2.93. The number of pyridine rings is 2. The van der Waals surface area contributed by atoms with Crippen molar-refractivity contribution in [2.45, 2.75) is 10.6 Å². The van der Waals surface area contributed by atoms with Crippen LogP contribution in [-0.2, 0) is 15.6 Å². The summed E-state index contributed by atoms with van der Waals surface area (Å²) in [6, 6.07) is 11.1. The van der Waals surface area contributed by atoms with Crippen LogP contribution in [0.2, 0.25) is 5.02 Å². The van der Waals surface area contributed by atoms with Crippen LogP contribution in [0.15, 0.2) is 59.8 Å². The Morgan fingerprint density at radius 1 is 1.19 bits per heavy atom. The Morgan fingerprint density at radius 3 is 2.77 bits per heavy atom. The van der Waals surface area contributed by atoms with Crippen molar-refractivity contribution < 1.29 is 22.7 Å². The molecule has 1 aromatic carbocycles. The number of carbonyl (C=O) groups is 1. The third-order valence-electron chi connectivity index (χ3n) is 4.68. The van der Waals surface area contributed by atoms with Crippen molar-refractivity contribution in [3.63, 3.8) is 0 Å². The van der Waals surface area contributed by atoms with Crippen LogP contribution in [0.25, 0.3) is 0 Å². The van der Waals surface area contributed by atoms with Crippen molar-refractivity contribution in [1.29, 1.82) is 0 Å². The minimum Gasteiger partial charge on any atom is -0.495 e. The topological polar surface area (TPSA) is 98.7 Å². The number of carbonyl (C=O) groups excluding carboxylic acids is 1. The minimum atomic E-state index is -3.82. The van der Waals surface area contributed by atoms with Gasteiger partial charge in [-0.1, -0.05) is 17.7 Å². The van der Waals surface area contributed by atoms with Crippen molar-refractivity contribution in [3.05, 3.63) is 71.0 Å². The lowest BCUT2D eigenvalue weighted by Gasteiger charge is -2.18. The first-order chi connectivity index (χ1) is 14.9. The fourth-order valence-corrected chi connectivity index (χ4v) is 5.00. The molecule has 1 aliphatic heterocycles. The summed E-state index contributed by atoms with van der Waals surface area (Å²) in [6.45, 7) is 0.527. The highest BCUT2D eigenvalue weighted by Crippen LogP contribution is 2.31. The Hall–Kier alpha value is -3.17. The van der Waals surface area contributed by atoms with Crippen molar-refractivity contribution in [1.82, 2.24) is 9.97 Å². The molecule has 0 N–H and O–H groups in total. The molecule has 0 aliphatic carbocycles. The summed E-state index contributed by atoms with van der Waals surface area (Å²) >= 11 is 5.98. The van der Waals surface area contributed by atoms with Crippen LogP contribution in [0.1, 0.15) is 15.9 Å². The average molecular weight is 460 g/mol. The Balaban J connectivity index is 1.69. The third-order valence-corrected chi connectivity index (χ3v) is 6.62. The molecule has 0 atom stereocenters. The first-order valence-corrected chi connectivity index (χ1v) is 11.3. The number of methoxy groups -OCH3 is 1. The molecule has 160 valence electrons. The van der Waals surface area contributed by atoms with Gasteiger partial charge in [-0.2, -0.15) is 0 Å². The number of halogens is 1. The summed E-state index contributed by atoms with van der Waals surface area (Å²) in [5, 5.41) is 0.272. The lowest BCUT2D eigenvalue weighted by molar-refractivity contribution is 0.0988. The largest absolute Gasteiger partial charge is 0.495 e. The number of anilines is 1. The summed E-state index contributed by atoms with van der Waals surface area (Å²) in [5.41, 5.74) is 0.509. The predicted molar refractivity (Wildman–Crippen MR) is 115 cm³/mol. The van der Waals surface area contributed by atoms with Crippen molar-refractivity contribution in [3.8, 4) is 11.6 Å². The van der Waals surface area contributed by atoms with Gasteiger partial charge in [-0.25, -0.2) is 18.4 Å². The molecule has 0 saturated heterocycles. The van der Waals surface area contributed by atoms with Crippen LogP contribution in [0.5, 0.6) is 11.6 Å². The molecule has 8 nitrogen and oxygen atoms in total. The van der Waals surface area contributed by atoms with Gasteiger partial charge in [0.25, 0.3) is 5.91 Å². The molecular weight excluding hydrogens is 442 g/mol. The van der Waals surface area contributed by atoms with Crippen LogP contribution in [0, 0.1) is 0 Å². The number of nitrogens with zero attached hydrogens (tertiary/aromatic N) is 3. The number of benzene rings is 1. The normalized spacial score (nSPS) is 13.9. The molecule has 1 amide bonds. The first-order valence-electron chi connectivity index (χ1n) is 9.30. The van der Waals surface area contributed by atoms with Crippen LogP contribution in [0.4, 0.5) is 5.82 Å². The van der Waals surface area contributed by atoms with Crippen LogP contribution in [0.3, 0.4) is 0 Å². The van der Waals surface area contributed by atoms with Crippen molar-refractivity contribution in [2.24, 2.45) is 0 Å². The quantitative estimate of drug-likeness (QED) is 0.577. The maximum atomic E-state index is 13.1. The standard InChI is InChI=1S/C21H18ClN3O5S/c1-29-17-6-5-15(22)11-18(17)31(27,28)13-14-10-16-20(24-12-14)30-9-8-25(21(16)26)19-4-2-3-7-23-19/h2-7,10-12H,8-9,13H2,1H3. The predicted octanol–water partition coefficient (Wildman–Crippen LogP) is 3.15. The zero-order valence-electron chi connectivity index (χ0n) is 16.5. The number of amides is 1. The molecule has 2 aromatic heterocycles. The number of rotatable bonds is 5. The second-order valence-corrected chi connectivity index (χ2v) is 9.14. The smallest absolute Gasteiger partial charge is 0.265 e. The van der Waals surface area contributed by atoms with Gasteiger partial charge < -0.3 is 9.47 Å². The van der Waals surface area contributed by atoms with E-state index in [1.165, 1.54) is 36.4 Å². The second kappa shape index (κ2) is 8.52. The highest BCUT2D eigenvalue weighted by atomic mass is 35.5. The molecule has 4 rings (SSSR count). The highest BCUT2D eigenvalue weighted by Gasteiger charge is 2.28. The molecule has 3 heterocycles. The number of ether oxygens (including phenoxy) is 2. The first kappa shape index (κ1) is 21.1. The van der Waals surface area contributed by atoms with Crippen molar-refractivity contribution in [2.75, 3.05) is 25.2 Å². The second-order valence-electron chi connectivity index (χ2n) is 6.74. The van der Waals surface area contributed by atoms with Gasteiger partial charge >= 0.3 is 0 Å². The molecule has 3 aromatic rings. The van der Waals surface area contributed by atoms with Gasteiger partial charge in [0.15, 0.2) is 9.84 Å². The van der Waals surface area contributed by atoms with E-state index in [1.807, 2.05) is 0 Å². The number of sulfone groups is 1. The van der Waals surface area contributed by atoms with Gasteiger partial charge in [0.2, 0.25) is 5.88 Å². The van der Waals surface area contributed by atoms with E-state index in [4.69, 9.17) is 21.1 Å². The lowest BCUT2D eigenvalue weighted by atomic mass is 10.2. The number of aromatic nitrogens is 2. The van der Waals surface area contributed by atoms with E-state index in [9.17, 15) is 13.2 Å². The maximum absolute atomic E-state index is 13.1. The number of fused-ring (bicyclic) bond motifs is 1. The van der Waals surface area contributed by atoms with Gasteiger partial charge in [-0.3, -0.25) is 9.69 Å².